The standard InChI is InChI=1S/C37H45ClN8O4S/c1-5-27(2)46-35(47)45(26-40-46)31-14-16-36(3,17-15-31)44-20-18-43(19-21-44)30-10-12-32(13-11-30)48-22-33-23-49-37(50-33,28-6-8-29(38)9-7-28)24-51-34-41-39-25-42(34)4/h6-16,25-27,33H,5,17-24H2,1-4H3/t27-,33-,36?,37-/m1/s1. The maximum absolute atomic E-state index is 12.9. The van der Waals surface area contributed by atoms with Crippen LogP contribution in [0.2, 0.25) is 5.02 Å². The molecule has 1 unspecified atom stereocenters. The molecule has 7 rings (SSSR count). The van der Waals surface area contributed by atoms with Crippen molar-refractivity contribution in [2.45, 2.75) is 62.2 Å². The van der Waals surface area contributed by atoms with E-state index in [-0.39, 0.29) is 23.4 Å². The van der Waals surface area contributed by atoms with E-state index in [0.29, 0.717) is 24.0 Å². The van der Waals surface area contributed by atoms with Gasteiger partial charge in [0.2, 0.25) is 5.79 Å². The van der Waals surface area contributed by atoms with Crippen LogP contribution in [0.25, 0.3) is 5.70 Å². The van der Waals surface area contributed by atoms with Crippen molar-refractivity contribution < 1.29 is 14.2 Å². The molecule has 1 aliphatic carbocycles. The van der Waals surface area contributed by atoms with Gasteiger partial charge in [-0.3, -0.25) is 4.90 Å². The zero-order valence-electron chi connectivity index (χ0n) is 29.5. The topological polar surface area (TPSA) is 105 Å². The average Bonchev–Trinajstić information content (AvgIpc) is 3.89. The normalized spacial score (nSPS) is 24.5. The summed E-state index contributed by atoms with van der Waals surface area (Å²) in [6, 6.07) is 16.0. The molecule has 2 saturated heterocycles. The van der Waals surface area contributed by atoms with E-state index in [1.54, 1.807) is 21.9 Å². The molecule has 2 aromatic carbocycles. The monoisotopic (exact) mass is 732 g/mol. The molecule has 4 heterocycles. The van der Waals surface area contributed by atoms with Crippen LogP contribution in [0.1, 0.15) is 45.2 Å². The predicted octanol–water partition coefficient (Wildman–Crippen LogP) is 5.62. The van der Waals surface area contributed by atoms with Crippen molar-refractivity contribution in [1.29, 1.82) is 0 Å². The number of thioether (sulfide) groups is 1. The summed E-state index contributed by atoms with van der Waals surface area (Å²) in [6.07, 6.45) is 11.2. The van der Waals surface area contributed by atoms with E-state index in [2.05, 4.69) is 69.3 Å². The minimum Gasteiger partial charge on any atom is -0.491 e. The lowest BCUT2D eigenvalue weighted by Crippen LogP contribution is -2.55. The molecule has 0 saturated carbocycles. The molecule has 14 heteroatoms. The number of piperazine rings is 1. The van der Waals surface area contributed by atoms with E-state index in [0.717, 1.165) is 61.2 Å². The minimum absolute atomic E-state index is 0.0765. The molecule has 0 bridgehead atoms. The van der Waals surface area contributed by atoms with Gasteiger partial charge in [0, 0.05) is 60.7 Å². The Morgan fingerprint density at radius 2 is 1.84 bits per heavy atom. The molecule has 4 atom stereocenters. The molecule has 270 valence electrons. The Bertz CT molecular complexity index is 1920. The summed E-state index contributed by atoms with van der Waals surface area (Å²) in [5.74, 6) is 0.329. The molecule has 0 N–H and O–H groups in total. The zero-order chi connectivity index (χ0) is 35.6. The highest BCUT2D eigenvalue weighted by Crippen LogP contribution is 2.39. The van der Waals surface area contributed by atoms with Crippen LogP contribution in [-0.2, 0) is 22.3 Å². The fourth-order valence-corrected chi connectivity index (χ4v) is 7.85. The zero-order valence-corrected chi connectivity index (χ0v) is 31.1. The number of aryl methyl sites for hydroxylation is 1. The Kier molecular flexibility index (Phi) is 10.4. The number of ether oxygens (including phenoxy) is 3. The fourth-order valence-electron chi connectivity index (χ4n) is 6.74. The quantitative estimate of drug-likeness (QED) is 0.171. The van der Waals surface area contributed by atoms with Gasteiger partial charge in [0.25, 0.3) is 0 Å². The fraction of sp³-hybridized carbons (Fsp3) is 0.459. The maximum atomic E-state index is 12.9. The van der Waals surface area contributed by atoms with Crippen LogP contribution >= 0.6 is 23.4 Å². The van der Waals surface area contributed by atoms with Gasteiger partial charge in [-0.15, -0.1) is 10.2 Å². The molecule has 2 fully saturated rings. The predicted molar refractivity (Wildman–Crippen MR) is 199 cm³/mol. The number of hydrogen-bond acceptors (Lipinski definition) is 10. The van der Waals surface area contributed by atoms with Gasteiger partial charge in [-0.05, 0) is 69.2 Å². The lowest BCUT2D eigenvalue weighted by Gasteiger charge is -2.45. The molecule has 2 aliphatic heterocycles. The highest BCUT2D eigenvalue weighted by molar-refractivity contribution is 7.99. The molecule has 51 heavy (non-hydrogen) atoms. The van der Waals surface area contributed by atoms with Crippen molar-refractivity contribution >= 4 is 34.7 Å². The smallest absolute Gasteiger partial charge is 0.350 e. The second kappa shape index (κ2) is 15.0. The molecule has 0 spiro atoms. The first-order valence-corrected chi connectivity index (χ1v) is 18.9. The van der Waals surface area contributed by atoms with E-state index in [1.807, 2.05) is 54.9 Å². The van der Waals surface area contributed by atoms with Crippen molar-refractivity contribution in [2.75, 3.05) is 50.0 Å². The number of anilines is 1. The Hall–Kier alpha value is -3.88. The first-order chi connectivity index (χ1) is 24.7. The average molecular weight is 733 g/mol. The van der Waals surface area contributed by atoms with Crippen molar-refractivity contribution in [2.24, 2.45) is 7.05 Å². The van der Waals surface area contributed by atoms with Crippen LogP contribution in [0.15, 0.2) is 89.4 Å². The molecular weight excluding hydrogens is 688 g/mol. The van der Waals surface area contributed by atoms with E-state index in [1.165, 1.54) is 17.4 Å². The third-order valence-corrected chi connectivity index (χ3v) is 11.6. The minimum atomic E-state index is -0.957. The van der Waals surface area contributed by atoms with Crippen LogP contribution < -0.4 is 15.3 Å². The van der Waals surface area contributed by atoms with Crippen LogP contribution in [0.3, 0.4) is 0 Å². The van der Waals surface area contributed by atoms with E-state index in [4.69, 9.17) is 25.8 Å². The van der Waals surface area contributed by atoms with Gasteiger partial charge in [-0.2, -0.15) is 5.10 Å². The largest absolute Gasteiger partial charge is 0.491 e. The van der Waals surface area contributed by atoms with E-state index in [9.17, 15) is 4.79 Å². The number of aromatic nitrogens is 6. The Morgan fingerprint density at radius 3 is 2.51 bits per heavy atom. The molecule has 0 radical (unpaired) electrons. The Labute approximate surface area is 307 Å². The molecule has 12 nitrogen and oxygen atoms in total. The summed E-state index contributed by atoms with van der Waals surface area (Å²) < 4.78 is 24.2. The summed E-state index contributed by atoms with van der Waals surface area (Å²) in [5, 5.41) is 14.0. The molecule has 0 amide bonds. The molecular formula is C37H45ClN8O4S. The first kappa shape index (κ1) is 35.5. The number of nitrogens with zero attached hydrogens (tertiary/aromatic N) is 8. The summed E-state index contributed by atoms with van der Waals surface area (Å²) in [6.45, 7) is 10.8. The van der Waals surface area contributed by atoms with Gasteiger partial charge in [0.05, 0.1) is 18.4 Å². The number of allylic oxidation sites excluding steroid dienone is 2. The lowest BCUT2D eigenvalue weighted by atomic mass is 9.89. The maximum Gasteiger partial charge on any atom is 0.350 e. The van der Waals surface area contributed by atoms with Gasteiger partial charge in [0.1, 0.15) is 31.1 Å². The van der Waals surface area contributed by atoms with Crippen molar-refractivity contribution in [1.82, 2.24) is 34.0 Å². The molecule has 2 aromatic heterocycles. The summed E-state index contributed by atoms with van der Waals surface area (Å²) in [4.78, 5) is 17.9. The molecule has 4 aromatic rings. The third kappa shape index (κ3) is 7.54. The van der Waals surface area contributed by atoms with Crippen molar-refractivity contribution in [3.63, 3.8) is 0 Å². The molecule has 3 aliphatic rings. The SMILES string of the molecule is CC[C@@H](C)n1ncn(C2=CCC(C)(N3CCN(c4ccc(OC[C@@H]5CO[C@@](CSc6nncn6C)(c6ccc(Cl)cc6)O5)cc4)CC3)C=C2)c1=O. The Morgan fingerprint density at radius 1 is 1.08 bits per heavy atom. The van der Waals surface area contributed by atoms with Gasteiger partial charge in [0.15, 0.2) is 5.16 Å². The van der Waals surface area contributed by atoms with Gasteiger partial charge < -0.3 is 23.7 Å². The van der Waals surface area contributed by atoms with Gasteiger partial charge in [-0.1, -0.05) is 54.6 Å². The van der Waals surface area contributed by atoms with E-state index < -0.39 is 5.79 Å². The summed E-state index contributed by atoms with van der Waals surface area (Å²) in [7, 11) is 1.91. The second-order valence-corrected chi connectivity index (χ2v) is 15.0. The highest BCUT2D eigenvalue weighted by atomic mass is 35.5. The highest BCUT2D eigenvalue weighted by Gasteiger charge is 2.44. The van der Waals surface area contributed by atoms with E-state index >= 15 is 0 Å². The number of hydrogen-bond donors (Lipinski definition) is 0. The van der Waals surface area contributed by atoms with Crippen LogP contribution in [-0.4, -0.2) is 90.8 Å². The van der Waals surface area contributed by atoms with Crippen molar-refractivity contribution in [3.8, 4) is 5.75 Å². The van der Waals surface area contributed by atoms with Crippen LogP contribution in [0.5, 0.6) is 5.75 Å². The summed E-state index contributed by atoms with van der Waals surface area (Å²) >= 11 is 7.71. The lowest BCUT2D eigenvalue weighted by molar-refractivity contribution is -0.160. The Balaban J connectivity index is 0.909. The van der Waals surface area contributed by atoms with Crippen LogP contribution in [0.4, 0.5) is 5.69 Å². The first-order valence-electron chi connectivity index (χ1n) is 17.5. The third-order valence-electron chi connectivity index (χ3n) is 10.2. The number of rotatable bonds is 12. The van der Waals surface area contributed by atoms with Crippen molar-refractivity contribution in [3.05, 3.63) is 100 Å². The number of benzene rings is 2. The number of halogens is 1. The summed E-state index contributed by atoms with van der Waals surface area (Å²) in [5.41, 5.74) is 2.77. The second-order valence-electron chi connectivity index (χ2n) is 13.6. The van der Waals surface area contributed by atoms with Gasteiger partial charge >= 0.3 is 5.69 Å². The van der Waals surface area contributed by atoms with Crippen LogP contribution in [0, 0.1) is 0 Å². The van der Waals surface area contributed by atoms with Gasteiger partial charge in [-0.25, -0.2) is 14.0 Å².